The second kappa shape index (κ2) is 6.08. The first-order valence-electron chi connectivity index (χ1n) is 5.63. The van der Waals surface area contributed by atoms with E-state index in [2.05, 4.69) is 5.32 Å². The van der Waals surface area contributed by atoms with Gasteiger partial charge in [0.1, 0.15) is 11.2 Å². The van der Waals surface area contributed by atoms with Gasteiger partial charge in [0, 0.05) is 10.6 Å². The van der Waals surface area contributed by atoms with Gasteiger partial charge >= 0.3 is 0 Å². The fourth-order valence-electron chi connectivity index (χ4n) is 1.61. The number of halogens is 1. The maximum Gasteiger partial charge on any atom is 0.257 e. The highest BCUT2D eigenvalue weighted by Crippen LogP contribution is 2.23. The van der Waals surface area contributed by atoms with E-state index in [-0.39, 0.29) is 11.3 Å². The van der Waals surface area contributed by atoms with Crippen LogP contribution >= 0.6 is 11.8 Å². The van der Waals surface area contributed by atoms with E-state index in [1.807, 2.05) is 5.40 Å². The van der Waals surface area contributed by atoms with Crippen molar-refractivity contribution in [1.82, 2.24) is 0 Å². The van der Waals surface area contributed by atoms with Crippen LogP contribution in [0.15, 0.2) is 47.4 Å². The third kappa shape index (κ3) is 3.08. The number of hydrogen-bond acceptors (Lipinski definition) is 4. The Morgan fingerprint density at radius 2 is 2.05 bits per heavy atom. The molecule has 0 heterocycles. The number of rotatable bonds is 3. The quantitative estimate of drug-likeness (QED) is 0.516. The number of nitrogens with zero attached hydrogens (tertiary/aromatic N) is 1. The van der Waals surface area contributed by atoms with Crippen molar-refractivity contribution in [2.45, 2.75) is 4.90 Å². The van der Waals surface area contributed by atoms with Gasteiger partial charge < -0.3 is 11.1 Å². The minimum absolute atomic E-state index is 0.0422. The van der Waals surface area contributed by atoms with Crippen LogP contribution < -0.4 is 11.1 Å². The van der Waals surface area contributed by atoms with E-state index < -0.39 is 11.7 Å². The molecule has 0 aromatic heterocycles. The van der Waals surface area contributed by atoms with Gasteiger partial charge in [0.05, 0.1) is 11.3 Å². The first-order chi connectivity index (χ1) is 9.61. The summed E-state index contributed by atoms with van der Waals surface area (Å²) in [6.07, 6.45) is 0. The molecule has 0 aliphatic carbocycles. The van der Waals surface area contributed by atoms with E-state index >= 15 is 0 Å². The van der Waals surface area contributed by atoms with Crippen molar-refractivity contribution in [3.63, 3.8) is 0 Å². The molecule has 0 fully saturated rings. The standard InChI is InChI=1S/C14H10FN3OS/c15-11-7-9(20-8-16)5-6-13(11)18-14(19)10-3-1-2-4-12(10)17/h1-7H,17H2,(H,18,19). The monoisotopic (exact) mass is 287 g/mol. The fraction of sp³-hybridized carbons (Fsp3) is 0. The highest BCUT2D eigenvalue weighted by atomic mass is 32.2. The number of anilines is 2. The molecule has 0 aliphatic rings. The zero-order valence-electron chi connectivity index (χ0n) is 10.3. The van der Waals surface area contributed by atoms with Crippen LogP contribution in [0.4, 0.5) is 15.8 Å². The van der Waals surface area contributed by atoms with Gasteiger partial charge in [0.25, 0.3) is 5.91 Å². The summed E-state index contributed by atoms with van der Waals surface area (Å²) in [6.45, 7) is 0. The highest BCUT2D eigenvalue weighted by molar-refractivity contribution is 8.03. The third-order valence-corrected chi connectivity index (χ3v) is 3.14. The molecule has 6 heteroatoms. The highest BCUT2D eigenvalue weighted by Gasteiger charge is 2.12. The molecule has 0 bridgehead atoms. The Labute approximate surface area is 119 Å². The number of nitrogens with one attached hydrogen (secondary N) is 1. The molecular formula is C14H10FN3OS. The molecule has 1 amide bonds. The van der Waals surface area contributed by atoms with Crippen LogP contribution in [-0.2, 0) is 0 Å². The Morgan fingerprint density at radius 3 is 2.70 bits per heavy atom. The van der Waals surface area contributed by atoms with Crippen LogP contribution in [0, 0.1) is 16.5 Å². The van der Waals surface area contributed by atoms with Crippen LogP contribution in [0.3, 0.4) is 0 Å². The normalized spacial score (nSPS) is 9.80. The molecule has 20 heavy (non-hydrogen) atoms. The second-order valence-corrected chi connectivity index (χ2v) is 4.73. The number of para-hydroxylation sites is 1. The van der Waals surface area contributed by atoms with Gasteiger partial charge in [-0.2, -0.15) is 5.26 Å². The average molecular weight is 287 g/mol. The lowest BCUT2D eigenvalue weighted by atomic mass is 10.1. The first kappa shape index (κ1) is 13.9. The van der Waals surface area contributed by atoms with Crippen LogP contribution in [0.1, 0.15) is 10.4 Å². The molecule has 0 unspecified atom stereocenters. The summed E-state index contributed by atoms with van der Waals surface area (Å²) in [6, 6.07) is 10.7. The SMILES string of the molecule is N#CSc1ccc(NC(=O)c2ccccc2N)c(F)c1. The smallest absolute Gasteiger partial charge is 0.257 e. The number of carbonyl (C=O) groups is 1. The largest absolute Gasteiger partial charge is 0.398 e. The minimum atomic E-state index is -0.604. The van der Waals surface area contributed by atoms with E-state index in [0.29, 0.717) is 10.6 Å². The summed E-state index contributed by atoms with van der Waals surface area (Å²) < 4.78 is 13.8. The predicted octanol–water partition coefficient (Wildman–Crippen LogP) is 3.23. The van der Waals surface area contributed by atoms with Gasteiger partial charge in [-0.25, -0.2) is 4.39 Å². The van der Waals surface area contributed by atoms with Gasteiger partial charge in [-0.05, 0) is 42.1 Å². The van der Waals surface area contributed by atoms with Gasteiger partial charge in [-0.3, -0.25) is 4.79 Å². The van der Waals surface area contributed by atoms with Crippen molar-refractivity contribution in [1.29, 1.82) is 5.26 Å². The zero-order chi connectivity index (χ0) is 14.5. The summed E-state index contributed by atoms with van der Waals surface area (Å²) in [5.74, 6) is -1.09. The maximum atomic E-state index is 13.8. The molecular weight excluding hydrogens is 277 g/mol. The molecule has 2 rings (SSSR count). The third-order valence-electron chi connectivity index (χ3n) is 2.56. The summed E-state index contributed by atoms with van der Waals surface area (Å²) >= 11 is 0.849. The number of nitrogen functional groups attached to an aromatic ring is 1. The Morgan fingerprint density at radius 1 is 1.30 bits per heavy atom. The summed E-state index contributed by atoms with van der Waals surface area (Å²) in [5, 5.41) is 12.8. The summed E-state index contributed by atoms with van der Waals surface area (Å²) in [7, 11) is 0. The van der Waals surface area contributed by atoms with Crippen molar-refractivity contribution in [3.8, 4) is 5.40 Å². The van der Waals surface area contributed by atoms with E-state index in [9.17, 15) is 9.18 Å². The lowest BCUT2D eigenvalue weighted by molar-refractivity contribution is 0.102. The zero-order valence-corrected chi connectivity index (χ0v) is 11.1. The first-order valence-corrected chi connectivity index (χ1v) is 6.45. The lowest BCUT2D eigenvalue weighted by Crippen LogP contribution is -2.14. The number of amides is 1. The van der Waals surface area contributed by atoms with Crippen LogP contribution in [0.2, 0.25) is 0 Å². The number of carbonyl (C=O) groups excluding carboxylic acids is 1. The molecule has 0 atom stereocenters. The Hall–Kier alpha value is -2.52. The molecule has 0 saturated carbocycles. The number of hydrogen-bond donors (Lipinski definition) is 2. The summed E-state index contributed by atoms with van der Waals surface area (Å²) in [5.41, 5.74) is 6.33. The lowest BCUT2D eigenvalue weighted by Gasteiger charge is -2.08. The van der Waals surface area contributed by atoms with Crippen molar-refractivity contribution in [3.05, 3.63) is 53.8 Å². The Balaban J connectivity index is 2.21. The predicted molar refractivity (Wildman–Crippen MR) is 76.7 cm³/mol. The molecule has 4 nitrogen and oxygen atoms in total. The van der Waals surface area contributed by atoms with Crippen molar-refractivity contribution < 1.29 is 9.18 Å². The molecule has 0 saturated heterocycles. The average Bonchev–Trinajstić information content (AvgIpc) is 2.42. The Kier molecular flexibility index (Phi) is 4.23. The molecule has 2 aromatic carbocycles. The molecule has 2 aromatic rings. The molecule has 0 radical (unpaired) electrons. The van der Waals surface area contributed by atoms with E-state index in [1.54, 1.807) is 30.3 Å². The fourth-order valence-corrected chi connectivity index (χ4v) is 2.01. The number of nitriles is 1. The number of thiocyanates is 1. The summed E-state index contributed by atoms with van der Waals surface area (Å²) in [4.78, 5) is 12.5. The van der Waals surface area contributed by atoms with Crippen molar-refractivity contribution in [2.24, 2.45) is 0 Å². The van der Waals surface area contributed by atoms with Gasteiger partial charge in [-0.15, -0.1) is 0 Å². The second-order valence-electron chi connectivity index (χ2n) is 3.88. The van der Waals surface area contributed by atoms with Crippen LogP contribution in [-0.4, -0.2) is 5.91 Å². The maximum absolute atomic E-state index is 13.8. The minimum Gasteiger partial charge on any atom is -0.398 e. The molecule has 0 aliphatic heterocycles. The Bertz CT molecular complexity index is 697. The van der Waals surface area contributed by atoms with E-state index in [0.717, 1.165) is 11.8 Å². The van der Waals surface area contributed by atoms with Gasteiger partial charge in [-0.1, -0.05) is 12.1 Å². The van der Waals surface area contributed by atoms with Gasteiger partial charge in [0.2, 0.25) is 0 Å². The van der Waals surface area contributed by atoms with Crippen LogP contribution in [0.5, 0.6) is 0 Å². The topological polar surface area (TPSA) is 78.9 Å². The number of benzene rings is 2. The van der Waals surface area contributed by atoms with Gasteiger partial charge in [0.15, 0.2) is 0 Å². The molecule has 100 valence electrons. The van der Waals surface area contributed by atoms with Crippen molar-refractivity contribution >= 4 is 29.0 Å². The molecule has 0 spiro atoms. The van der Waals surface area contributed by atoms with Crippen molar-refractivity contribution in [2.75, 3.05) is 11.1 Å². The number of thioether (sulfide) groups is 1. The molecule has 3 N–H and O–H groups in total. The van der Waals surface area contributed by atoms with Crippen LogP contribution in [0.25, 0.3) is 0 Å². The van der Waals surface area contributed by atoms with E-state index in [1.165, 1.54) is 12.1 Å². The number of nitrogens with two attached hydrogens (primary N) is 1. The van der Waals surface area contributed by atoms with E-state index in [4.69, 9.17) is 11.0 Å².